The molecular formula is C10H9BrN2O5S. The van der Waals surface area contributed by atoms with Crippen LogP contribution in [0.25, 0.3) is 0 Å². The van der Waals surface area contributed by atoms with Crippen LogP contribution in [0.5, 0.6) is 0 Å². The van der Waals surface area contributed by atoms with Gasteiger partial charge in [-0.15, -0.1) is 0 Å². The first-order valence-electron chi connectivity index (χ1n) is 4.81. The molecular weight excluding hydrogens is 340 g/mol. The number of nitrogens with one attached hydrogen (secondary N) is 1. The van der Waals surface area contributed by atoms with Crippen molar-refractivity contribution in [3.63, 3.8) is 0 Å². The van der Waals surface area contributed by atoms with Crippen molar-refractivity contribution in [1.29, 1.82) is 0 Å². The molecule has 0 aliphatic carbocycles. The number of hydrogen-bond donors (Lipinski definition) is 3. The Balaban J connectivity index is 2.89. The highest BCUT2D eigenvalue weighted by Gasteiger charge is 2.15. The summed E-state index contributed by atoms with van der Waals surface area (Å²) in [7, 11) is -1.77. The summed E-state index contributed by atoms with van der Waals surface area (Å²) < 4.78 is 12.1. The van der Waals surface area contributed by atoms with Crippen LogP contribution in [-0.2, 0) is 15.6 Å². The van der Waals surface area contributed by atoms with Crippen LogP contribution in [0.3, 0.4) is 0 Å². The first-order chi connectivity index (χ1) is 8.81. The zero-order valence-corrected chi connectivity index (χ0v) is 11.8. The third-order valence-electron chi connectivity index (χ3n) is 1.96. The Bertz CT molecular complexity index is 575. The zero-order valence-electron chi connectivity index (χ0n) is 9.38. The summed E-state index contributed by atoms with van der Waals surface area (Å²) in [6.45, 7) is 0. The standard InChI is InChI=1S/C10H9BrN2O5S/c11-7-2-1-5(3-6(7)9(15)16)19(18)4-8(14)13-10(12)17/h1-3H,4H2,(H,15,16)(H3,12,13,14,17). The molecule has 1 aromatic rings. The monoisotopic (exact) mass is 348 g/mol. The fourth-order valence-corrected chi connectivity index (χ4v) is 2.55. The maximum atomic E-state index is 11.8. The van der Waals surface area contributed by atoms with E-state index in [9.17, 15) is 18.6 Å². The highest BCUT2D eigenvalue weighted by Crippen LogP contribution is 2.20. The van der Waals surface area contributed by atoms with Crippen LogP contribution < -0.4 is 11.1 Å². The highest BCUT2D eigenvalue weighted by atomic mass is 79.9. The third-order valence-corrected chi connectivity index (χ3v) is 3.95. The van der Waals surface area contributed by atoms with Crippen molar-refractivity contribution in [3.8, 4) is 0 Å². The number of hydrogen-bond acceptors (Lipinski definition) is 4. The number of imide groups is 1. The van der Waals surface area contributed by atoms with Crippen molar-refractivity contribution < 1.29 is 23.7 Å². The molecule has 7 nitrogen and oxygen atoms in total. The Kier molecular flexibility index (Phi) is 5.19. The number of benzene rings is 1. The first kappa shape index (κ1) is 15.3. The molecule has 9 heteroatoms. The van der Waals surface area contributed by atoms with E-state index in [0.29, 0.717) is 4.47 Å². The number of carboxylic acids is 1. The van der Waals surface area contributed by atoms with Crippen molar-refractivity contribution in [2.45, 2.75) is 4.90 Å². The molecule has 0 bridgehead atoms. The number of primary amides is 1. The molecule has 1 atom stereocenters. The van der Waals surface area contributed by atoms with E-state index in [2.05, 4.69) is 15.9 Å². The average Bonchev–Trinajstić information content (AvgIpc) is 2.27. The Labute approximate surface area is 118 Å². The van der Waals surface area contributed by atoms with Crippen LogP contribution in [0.15, 0.2) is 27.6 Å². The number of aromatic carboxylic acids is 1. The van der Waals surface area contributed by atoms with E-state index in [1.165, 1.54) is 18.2 Å². The van der Waals surface area contributed by atoms with E-state index in [4.69, 9.17) is 10.8 Å². The van der Waals surface area contributed by atoms with Crippen molar-refractivity contribution in [2.75, 3.05) is 5.75 Å². The molecule has 19 heavy (non-hydrogen) atoms. The van der Waals surface area contributed by atoms with Gasteiger partial charge in [-0.05, 0) is 34.1 Å². The summed E-state index contributed by atoms with van der Waals surface area (Å²) in [5.74, 6) is -2.47. The number of halogens is 1. The van der Waals surface area contributed by atoms with Gasteiger partial charge in [-0.2, -0.15) is 0 Å². The number of urea groups is 1. The zero-order chi connectivity index (χ0) is 14.6. The molecule has 1 rings (SSSR count). The molecule has 4 N–H and O–H groups in total. The summed E-state index contributed by atoms with van der Waals surface area (Å²) in [5.41, 5.74) is 4.67. The lowest BCUT2D eigenvalue weighted by Gasteiger charge is -2.05. The SMILES string of the molecule is NC(=O)NC(=O)CS(=O)c1ccc(Br)c(C(=O)O)c1. The highest BCUT2D eigenvalue weighted by molar-refractivity contribution is 9.10. The summed E-state index contributed by atoms with van der Waals surface area (Å²) in [4.78, 5) is 32.7. The van der Waals surface area contributed by atoms with Gasteiger partial charge in [-0.1, -0.05) is 0 Å². The van der Waals surface area contributed by atoms with Crippen LogP contribution in [0.4, 0.5) is 4.79 Å². The average molecular weight is 349 g/mol. The Morgan fingerprint density at radius 2 is 2.00 bits per heavy atom. The Hall–Kier alpha value is -1.74. The minimum atomic E-state index is -1.77. The van der Waals surface area contributed by atoms with Crippen LogP contribution in [0.1, 0.15) is 10.4 Å². The van der Waals surface area contributed by atoms with Crippen molar-refractivity contribution in [1.82, 2.24) is 5.32 Å². The summed E-state index contributed by atoms with van der Waals surface area (Å²) in [6.07, 6.45) is 0. The van der Waals surface area contributed by atoms with Gasteiger partial charge in [0.15, 0.2) is 0 Å². The van der Waals surface area contributed by atoms with Gasteiger partial charge >= 0.3 is 12.0 Å². The predicted octanol–water partition coefficient (Wildman–Crippen LogP) is 0.450. The van der Waals surface area contributed by atoms with E-state index in [-0.39, 0.29) is 10.5 Å². The fourth-order valence-electron chi connectivity index (χ4n) is 1.19. The van der Waals surface area contributed by atoms with Crippen molar-refractivity contribution >= 4 is 44.6 Å². The van der Waals surface area contributed by atoms with Gasteiger partial charge in [-0.3, -0.25) is 14.3 Å². The first-order valence-corrected chi connectivity index (χ1v) is 6.93. The Morgan fingerprint density at radius 3 is 2.53 bits per heavy atom. The molecule has 0 heterocycles. The number of rotatable bonds is 4. The third kappa shape index (κ3) is 4.45. The number of carbonyl (C=O) groups is 3. The van der Waals surface area contributed by atoms with Gasteiger partial charge in [0.05, 0.1) is 16.4 Å². The van der Waals surface area contributed by atoms with Gasteiger partial charge in [0.2, 0.25) is 5.91 Å². The molecule has 1 unspecified atom stereocenters. The molecule has 0 saturated heterocycles. The maximum absolute atomic E-state index is 11.8. The topological polar surface area (TPSA) is 127 Å². The molecule has 0 aliphatic heterocycles. The summed E-state index contributed by atoms with van der Waals surface area (Å²) >= 11 is 3.04. The molecule has 0 radical (unpaired) electrons. The lowest BCUT2D eigenvalue weighted by molar-refractivity contribution is -0.117. The normalized spacial score (nSPS) is 11.6. The smallest absolute Gasteiger partial charge is 0.336 e. The van der Waals surface area contributed by atoms with Gasteiger partial charge < -0.3 is 10.8 Å². The van der Waals surface area contributed by atoms with Crippen LogP contribution >= 0.6 is 15.9 Å². The number of carbonyl (C=O) groups excluding carboxylic acids is 2. The van der Waals surface area contributed by atoms with E-state index in [1.54, 1.807) is 5.32 Å². The van der Waals surface area contributed by atoms with Crippen LogP contribution in [0.2, 0.25) is 0 Å². The second-order valence-corrected chi connectivity index (χ2v) is 5.65. The Morgan fingerprint density at radius 1 is 1.37 bits per heavy atom. The molecule has 0 aromatic heterocycles. The van der Waals surface area contributed by atoms with Crippen molar-refractivity contribution in [2.24, 2.45) is 5.73 Å². The van der Waals surface area contributed by atoms with E-state index in [0.717, 1.165) is 0 Å². The number of amides is 3. The minimum absolute atomic E-state index is 0.0684. The van der Waals surface area contributed by atoms with E-state index in [1.807, 2.05) is 0 Å². The van der Waals surface area contributed by atoms with E-state index < -0.39 is 34.5 Å². The molecule has 0 aliphatic rings. The lowest BCUT2D eigenvalue weighted by atomic mass is 10.2. The fraction of sp³-hybridized carbons (Fsp3) is 0.100. The lowest BCUT2D eigenvalue weighted by Crippen LogP contribution is -2.37. The largest absolute Gasteiger partial charge is 0.478 e. The summed E-state index contributed by atoms with van der Waals surface area (Å²) in [6, 6.07) is 3.00. The summed E-state index contributed by atoms with van der Waals surface area (Å²) in [5, 5.41) is 10.7. The second kappa shape index (κ2) is 6.43. The molecule has 3 amide bonds. The molecule has 0 saturated carbocycles. The van der Waals surface area contributed by atoms with Crippen LogP contribution in [0, 0.1) is 0 Å². The van der Waals surface area contributed by atoms with Crippen LogP contribution in [-0.4, -0.2) is 33.0 Å². The number of nitrogens with two attached hydrogens (primary N) is 1. The van der Waals surface area contributed by atoms with Crippen molar-refractivity contribution in [3.05, 3.63) is 28.2 Å². The van der Waals surface area contributed by atoms with E-state index >= 15 is 0 Å². The predicted molar refractivity (Wildman–Crippen MR) is 70.1 cm³/mol. The van der Waals surface area contributed by atoms with Gasteiger partial charge in [-0.25, -0.2) is 9.59 Å². The quantitative estimate of drug-likeness (QED) is 0.727. The van der Waals surface area contributed by atoms with Gasteiger partial charge in [0.1, 0.15) is 5.75 Å². The maximum Gasteiger partial charge on any atom is 0.336 e. The molecule has 0 fully saturated rings. The minimum Gasteiger partial charge on any atom is -0.478 e. The number of carboxylic acid groups (broad SMARTS) is 1. The molecule has 0 spiro atoms. The molecule has 1 aromatic carbocycles. The molecule has 102 valence electrons. The van der Waals surface area contributed by atoms with Gasteiger partial charge in [0, 0.05) is 9.37 Å². The second-order valence-electron chi connectivity index (χ2n) is 3.35. The van der Waals surface area contributed by atoms with Gasteiger partial charge in [0.25, 0.3) is 0 Å².